The molecule has 0 radical (unpaired) electrons. The molecule has 0 saturated heterocycles. The van der Waals surface area contributed by atoms with Crippen LogP contribution < -0.4 is 5.32 Å². The zero-order chi connectivity index (χ0) is 15.6. The van der Waals surface area contributed by atoms with Crippen LogP contribution in [0.25, 0.3) is 0 Å². The SMILES string of the molecule is Cc1nn(C)c(C)c1C(=O)NC1(CC(=O)O)CCCCC1. The second-order valence-corrected chi connectivity index (χ2v) is 6.04. The molecular formula is C15H23N3O3. The number of aryl methyl sites for hydroxylation is 2. The molecule has 2 rings (SSSR count). The van der Waals surface area contributed by atoms with Crippen molar-refractivity contribution in [1.82, 2.24) is 15.1 Å². The third kappa shape index (κ3) is 3.25. The van der Waals surface area contributed by atoms with Crippen LogP contribution in [-0.2, 0) is 11.8 Å². The number of aromatic nitrogens is 2. The molecule has 2 N–H and O–H groups in total. The van der Waals surface area contributed by atoms with Crippen molar-refractivity contribution in [3.05, 3.63) is 17.0 Å². The smallest absolute Gasteiger partial charge is 0.305 e. The summed E-state index contributed by atoms with van der Waals surface area (Å²) in [6, 6.07) is 0. The number of nitrogens with one attached hydrogen (secondary N) is 1. The molecule has 0 atom stereocenters. The van der Waals surface area contributed by atoms with E-state index in [0.717, 1.165) is 37.8 Å². The van der Waals surface area contributed by atoms with E-state index in [2.05, 4.69) is 10.4 Å². The second-order valence-electron chi connectivity index (χ2n) is 6.04. The van der Waals surface area contributed by atoms with Crippen LogP contribution in [0.2, 0.25) is 0 Å². The number of nitrogens with zero attached hydrogens (tertiary/aromatic N) is 2. The Labute approximate surface area is 124 Å². The van der Waals surface area contributed by atoms with Crippen molar-refractivity contribution < 1.29 is 14.7 Å². The largest absolute Gasteiger partial charge is 0.481 e. The van der Waals surface area contributed by atoms with Crippen LogP contribution in [0.3, 0.4) is 0 Å². The first-order valence-corrected chi connectivity index (χ1v) is 7.39. The standard InChI is InChI=1S/C15H23N3O3/c1-10-13(11(2)18(3)17-10)14(21)16-15(9-12(19)20)7-5-4-6-8-15/h4-9H2,1-3H3,(H,16,21)(H,19,20). The van der Waals surface area contributed by atoms with Crippen molar-refractivity contribution in [2.75, 3.05) is 0 Å². The fraction of sp³-hybridized carbons (Fsp3) is 0.667. The van der Waals surface area contributed by atoms with Gasteiger partial charge in [-0.15, -0.1) is 0 Å². The highest BCUT2D eigenvalue weighted by atomic mass is 16.4. The predicted molar refractivity (Wildman–Crippen MR) is 78.2 cm³/mol. The Morgan fingerprint density at radius 2 is 1.90 bits per heavy atom. The number of carboxylic acid groups (broad SMARTS) is 1. The first kappa shape index (κ1) is 15.5. The number of rotatable bonds is 4. The first-order chi connectivity index (χ1) is 9.84. The second kappa shape index (κ2) is 5.87. The van der Waals surface area contributed by atoms with Crippen molar-refractivity contribution in [2.24, 2.45) is 7.05 Å². The molecule has 0 unspecified atom stereocenters. The van der Waals surface area contributed by atoms with E-state index in [1.54, 1.807) is 18.7 Å². The molecule has 6 nitrogen and oxygen atoms in total. The van der Waals surface area contributed by atoms with Crippen molar-refractivity contribution in [1.29, 1.82) is 0 Å². The molecule has 1 heterocycles. The quantitative estimate of drug-likeness (QED) is 0.888. The average Bonchev–Trinajstić information content (AvgIpc) is 2.63. The Bertz CT molecular complexity index is 557. The van der Waals surface area contributed by atoms with E-state index in [4.69, 9.17) is 5.11 Å². The van der Waals surface area contributed by atoms with Crippen molar-refractivity contribution in [2.45, 2.75) is 57.9 Å². The van der Waals surface area contributed by atoms with Crippen LogP contribution in [0.1, 0.15) is 60.3 Å². The first-order valence-electron chi connectivity index (χ1n) is 7.39. The van der Waals surface area contributed by atoms with E-state index in [1.165, 1.54) is 0 Å². The van der Waals surface area contributed by atoms with Gasteiger partial charge < -0.3 is 10.4 Å². The normalized spacial score (nSPS) is 17.5. The molecule has 6 heteroatoms. The average molecular weight is 293 g/mol. The Kier molecular flexibility index (Phi) is 4.34. The summed E-state index contributed by atoms with van der Waals surface area (Å²) in [5.41, 5.74) is 1.42. The maximum absolute atomic E-state index is 12.6. The van der Waals surface area contributed by atoms with Crippen LogP contribution in [-0.4, -0.2) is 32.3 Å². The van der Waals surface area contributed by atoms with Gasteiger partial charge in [-0.05, 0) is 26.7 Å². The third-order valence-electron chi connectivity index (χ3n) is 4.42. The molecule has 0 aliphatic heterocycles. The van der Waals surface area contributed by atoms with E-state index in [9.17, 15) is 9.59 Å². The topological polar surface area (TPSA) is 84.2 Å². The lowest BCUT2D eigenvalue weighted by Crippen LogP contribution is -2.51. The zero-order valence-electron chi connectivity index (χ0n) is 12.9. The molecule has 1 saturated carbocycles. The maximum atomic E-state index is 12.6. The lowest BCUT2D eigenvalue weighted by Gasteiger charge is -2.37. The zero-order valence-corrected chi connectivity index (χ0v) is 12.9. The lowest BCUT2D eigenvalue weighted by molar-refractivity contribution is -0.139. The molecule has 1 fully saturated rings. The molecule has 21 heavy (non-hydrogen) atoms. The van der Waals surface area contributed by atoms with Gasteiger partial charge in [-0.3, -0.25) is 14.3 Å². The summed E-state index contributed by atoms with van der Waals surface area (Å²) in [4.78, 5) is 23.8. The summed E-state index contributed by atoms with van der Waals surface area (Å²) in [7, 11) is 1.80. The van der Waals surface area contributed by atoms with Crippen LogP contribution in [0, 0.1) is 13.8 Å². The molecule has 0 spiro atoms. The van der Waals surface area contributed by atoms with Gasteiger partial charge in [0.25, 0.3) is 5.91 Å². The van der Waals surface area contributed by atoms with Crippen molar-refractivity contribution in [3.8, 4) is 0 Å². The molecule has 0 bridgehead atoms. The fourth-order valence-corrected chi connectivity index (χ4v) is 3.27. The number of carboxylic acids is 1. The summed E-state index contributed by atoms with van der Waals surface area (Å²) in [5.74, 6) is -1.07. The van der Waals surface area contributed by atoms with Gasteiger partial charge in [0.2, 0.25) is 0 Å². The number of carbonyl (C=O) groups excluding carboxylic acids is 1. The van der Waals surface area contributed by atoms with E-state index in [0.29, 0.717) is 11.3 Å². The maximum Gasteiger partial charge on any atom is 0.305 e. The Morgan fingerprint density at radius 1 is 1.29 bits per heavy atom. The van der Waals surface area contributed by atoms with Crippen LogP contribution in [0.4, 0.5) is 0 Å². The molecular weight excluding hydrogens is 270 g/mol. The highest BCUT2D eigenvalue weighted by Gasteiger charge is 2.36. The van der Waals surface area contributed by atoms with Gasteiger partial charge in [0.1, 0.15) is 0 Å². The Balaban J connectivity index is 2.23. The molecule has 1 aromatic rings. The van der Waals surface area contributed by atoms with Gasteiger partial charge in [0, 0.05) is 12.7 Å². The van der Waals surface area contributed by atoms with Gasteiger partial charge in [-0.1, -0.05) is 19.3 Å². The van der Waals surface area contributed by atoms with Crippen LogP contribution >= 0.6 is 0 Å². The van der Waals surface area contributed by atoms with E-state index < -0.39 is 11.5 Å². The molecule has 1 aliphatic carbocycles. The predicted octanol–water partition coefficient (Wildman–Crippen LogP) is 1.94. The number of hydrogen-bond donors (Lipinski definition) is 2. The minimum absolute atomic E-state index is 0.0168. The number of carbonyl (C=O) groups is 2. The minimum atomic E-state index is -0.864. The van der Waals surface area contributed by atoms with Gasteiger partial charge in [0.15, 0.2) is 0 Å². The summed E-state index contributed by atoms with van der Waals surface area (Å²) in [6.07, 6.45) is 4.45. The van der Waals surface area contributed by atoms with Crippen LogP contribution in [0.5, 0.6) is 0 Å². The molecule has 1 aliphatic rings. The molecule has 1 aromatic heterocycles. The number of aliphatic carboxylic acids is 1. The highest BCUT2D eigenvalue weighted by molar-refractivity contribution is 5.97. The summed E-state index contributed by atoms with van der Waals surface area (Å²) in [6.45, 7) is 3.65. The van der Waals surface area contributed by atoms with Gasteiger partial charge in [-0.2, -0.15) is 5.10 Å². The lowest BCUT2D eigenvalue weighted by atomic mass is 9.79. The molecule has 116 valence electrons. The minimum Gasteiger partial charge on any atom is -0.481 e. The summed E-state index contributed by atoms with van der Waals surface area (Å²) >= 11 is 0. The van der Waals surface area contributed by atoms with Gasteiger partial charge in [-0.25, -0.2) is 0 Å². The highest BCUT2D eigenvalue weighted by Crippen LogP contribution is 2.31. The Morgan fingerprint density at radius 3 is 2.38 bits per heavy atom. The van der Waals surface area contributed by atoms with E-state index >= 15 is 0 Å². The fourth-order valence-electron chi connectivity index (χ4n) is 3.27. The van der Waals surface area contributed by atoms with E-state index in [-0.39, 0.29) is 12.3 Å². The monoisotopic (exact) mass is 293 g/mol. The van der Waals surface area contributed by atoms with Gasteiger partial charge in [0.05, 0.1) is 23.2 Å². The van der Waals surface area contributed by atoms with Crippen LogP contribution in [0.15, 0.2) is 0 Å². The Hall–Kier alpha value is -1.85. The van der Waals surface area contributed by atoms with Crippen molar-refractivity contribution in [3.63, 3.8) is 0 Å². The summed E-state index contributed by atoms with van der Waals surface area (Å²) < 4.78 is 1.68. The number of amides is 1. The van der Waals surface area contributed by atoms with E-state index in [1.807, 2.05) is 6.92 Å². The number of hydrogen-bond acceptors (Lipinski definition) is 3. The molecule has 1 amide bonds. The third-order valence-corrected chi connectivity index (χ3v) is 4.42. The van der Waals surface area contributed by atoms with Crippen molar-refractivity contribution >= 4 is 11.9 Å². The van der Waals surface area contributed by atoms with Gasteiger partial charge >= 0.3 is 5.97 Å². The molecule has 0 aromatic carbocycles. The summed E-state index contributed by atoms with van der Waals surface area (Å²) in [5, 5.41) is 16.4.